The van der Waals surface area contributed by atoms with E-state index in [0.29, 0.717) is 18.9 Å². The van der Waals surface area contributed by atoms with Crippen molar-refractivity contribution < 1.29 is 14.7 Å². The zero-order valence-electron chi connectivity index (χ0n) is 15.0. The van der Waals surface area contributed by atoms with Crippen LogP contribution < -0.4 is 0 Å². The standard InChI is InChI=1S/C20H26N2O3.ClH/c23-19(21-10-9-14-5-1-2-7-16(14)12-21)13-22-17-8-4-3-6-15(17)11-18(22)20(24)25;/h1-2,5,7,15,17-18H,3-4,6,8-13H2,(H,24,25);1H. The Morgan fingerprint density at radius 2 is 1.85 bits per heavy atom. The summed E-state index contributed by atoms with van der Waals surface area (Å²) in [6, 6.07) is 8.05. The van der Waals surface area contributed by atoms with Crippen LogP contribution in [0.25, 0.3) is 0 Å². The van der Waals surface area contributed by atoms with Crippen LogP contribution in [0.1, 0.15) is 43.2 Å². The van der Waals surface area contributed by atoms with Gasteiger partial charge in [-0.3, -0.25) is 14.5 Å². The van der Waals surface area contributed by atoms with E-state index in [-0.39, 0.29) is 30.9 Å². The minimum absolute atomic E-state index is 0. The van der Waals surface area contributed by atoms with Crippen LogP contribution in [0.4, 0.5) is 0 Å². The van der Waals surface area contributed by atoms with E-state index in [0.717, 1.165) is 32.2 Å². The molecule has 5 nitrogen and oxygen atoms in total. The number of hydrogen-bond acceptors (Lipinski definition) is 3. The molecule has 0 radical (unpaired) electrons. The van der Waals surface area contributed by atoms with Crippen molar-refractivity contribution in [2.24, 2.45) is 5.92 Å². The van der Waals surface area contributed by atoms with Gasteiger partial charge in [0.15, 0.2) is 0 Å². The largest absolute Gasteiger partial charge is 0.480 e. The van der Waals surface area contributed by atoms with Gasteiger partial charge < -0.3 is 10.0 Å². The van der Waals surface area contributed by atoms with Gasteiger partial charge in [-0.05, 0) is 42.7 Å². The predicted molar refractivity (Wildman–Crippen MR) is 101 cm³/mol. The second kappa shape index (κ2) is 7.97. The lowest BCUT2D eigenvalue weighted by atomic mass is 9.85. The Morgan fingerprint density at radius 1 is 1.12 bits per heavy atom. The van der Waals surface area contributed by atoms with Crippen LogP contribution in [0.3, 0.4) is 0 Å². The molecule has 142 valence electrons. The molecule has 2 aliphatic heterocycles. The molecular formula is C20H27ClN2O3. The van der Waals surface area contributed by atoms with Crippen molar-refractivity contribution in [1.82, 2.24) is 9.80 Å². The van der Waals surface area contributed by atoms with Gasteiger partial charge in [0.25, 0.3) is 0 Å². The molecular weight excluding hydrogens is 352 g/mol. The van der Waals surface area contributed by atoms with Crippen molar-refractivity contribution in [1.29, 1.82) is 0 Å². The van der Waals surface area contributed by atoms with E-state index in [9.17, 15) is 14.7 Å². The Bertz CT molecular complexity index is 681. The molecule has 6 heteroatoms. The molecule has 1 aromatic carbocycles. The molecule has 3 atom stereocenters. The molecule has 1 aliphatic carbocycles. The molecule has 26 heavy (non-hydrogen) atoms. The monoisotopic (exact) mass is 378 g/mol. The lowest BCUT2D eigenvalue weighted by Gasteiger charge is -2.35. The van der Waals surface area contributed by atoms with Gasteiger partial charge in [-0.15, -0.1) is 12.4 Å². The molecule has 0 aromatic heterocycles. The van der Waals surface area contributed by atoms with Gasteiger partial charge in [0.1, 0.15) is 6.04 Å². The van der Waals surface area contributed by atoms with Crippen molar-refractivity contribution in [3.8, 4) is 0 Å². The van der Waals surface area contributed by atoms with Crippen LogP contribution in [0.2, 0.25) is 0 Å². The predicted octanol–water partition coefficient (Wildman–Crippen LogP) is 2.71. The fourth-order valence-corrected chi connectivity index (χ4v) is 4.99. The van der Waals surface area contributed by atoms with Crippen molar-refractivity contribution in [3.05, 3.63) is 35.4 Å². The summed E-state index contributed by atoms with van der Waals surface area (Å²) in [5.41, 5.74) is 2.54. The number of hydrogen-bond donors (Lipinski definition) is 1. The average molecular weight is 379 g/mol. The average Bonchev–Trinajstić information content (AvgIpc) is 3.00. The molecule has 2 heterocycles. The minimum atomic E-state index is -0.772. The maximum Gasteiger partial charge on any atom is 0.320 e. The molecule has 0 bridgehead atoms. The molecule has 4 rings (SSSR count). The van der Waals surface area contributed by atoms with E-state index in [2.05, 4.69) is 12.1 Å². The van der Waals surface area contributed by atoms with Gasteiger partial charge in [-0.25, -0.2) is 0 Å². The molecule has 0 spiro atoms. The molecule has 2 fully saturated rings. The fourth-order valence-electron chi connectivity index (χ4n) is 4.99. The van der Waals surface area contributed by atoms with Crippen LogP contribution in [0.15, 0.2) is 24.3 Å². The van der Waals surface area contributed by atoms with Crippen LogP contribution in [0, 0.1) is 5.92 Å². The third-order valence-corrected chi connectivity index (χ3v) is 6.31. The highest BCUT2D eigenvalue weighted by atomic mass is 35.5. The van der Waals surface area contributed by atoms with E-state index < -0.39 is 12.0 Å². The van der Waals surface area contributed by atoms with Gasteiger partial charge in [0.2, 0.25) is 5.91 Å². The number of carbonyl (C=O) groups excluding carboxylic acids is 1. The number of halogens is 1. The number of rotatable bonds is 3. The lowest BCUT2D eigenvalue weighted by Crippen LogP contribution is -2.49. The Labute approximate surface area is 160 Å². The summed E-state index contributed by atoms with van der Waals surface area (Å²) in [5, 5.41) is 9.62. The van der Waals surface area contributed by atoms with Crippen LogP contribution in [0.5, 0.6) is 0 Å². The Kier molecular flexibility index (Phi) is 5.88. The number of carbonyl (C=O) groups is 2. The smallest absolute Gasteiger partial charge is 0.320 e. The lowest BCUT2D eigenvalue weighted by molar-refractivity contribution is -0.144. The minimum Gasteiger partial charge on any atom is -0.480 e. The summed E-state index contributed by atoms with van der Waals surface area (Å²) in [4.78, 5) is 28.5. The third kappa shape index (κ3) is 3.60. The van der Waals surface area contributed by atoms with E-state index >= 15 is 0 Å². The Balaban J connectivity index is 0.00000196. The van der Waals surface area contributed by atoms with Gasteiger partial charge in [0, 0.05) is 19.1 Å². The molecule has 3 unspecified atom stereocenters. The normalized spacial score (nSPS) is 28.0. The molecule has 1 aromatic rings. The molecule has 1 amide bonds. The summed E-state index contributed by atoms with van der Waals surface area (Å²) in [7, 11) is 0. The number of aliphatic carboxylic acids is 1. The summed E-state index contributed by atoms with van der Waals surface area (Å²) in [5.74, 6) is -0.247. The van der Waals surface area contributed by atoms with Crippen molar-refractivity contribution in [3.63, 3.8) is 0 Å². The van der Waals surface area contributed by atoms with Crippen LogP contribution in [-0.2, 0) is 22.6 Å². The Hall–Kier alpha value is -1.59. The van der Waals surface area contributed by atoms with Gasteiger partial charge >= 0.3 is 5.97 Å². The van der Waals surface area contributed by atoms with E-state index in [1.807, 2.05) is 21.9 Å². The fraction of sp³-hybridized carbons (Fsp3) is 0.600. The van der Waals surface area contributed by atoms with Crippen molar-refractivity contribution in [2.75, 3.05) is 13.1 Å². The number of amides is 1. The quantitative estimate of drug-likeness (QED) is 0.878. The first-order valence-electron chi connectivity index (χ1n) is 9.46. The number of fused-ring (bicyclic) bond motifs is 2. The van der Waals surface area contributed by atoms with E-state index in [4.69, 9.17) is 0 Å². The summed E-state index contributed by atoms with van der Waals surface area (Å²) in [6.45, 7) is 1.63. The zero-order valence-corrected chi connectivity index (χ0v) is 15.8. The Morgan fingerprint density at radius 3 is 2.62 bits per heavy atom. The summed E-state index contributed by atoms with van der Waals surface area (Å²) < 4.78 is 0. The highest BCUT2D eigenvalue weighted by molar-refractivity contribution is 5.85. The number of benzene rings is 1. The van der Waals surface area contributed by atoms with Crippen molar-refractivity contribution in [2.45, 2.75) is 57.2 Å². The summed E-state index contributed by atoms with van der Waals surface area (Å²) in [6.07, 6.45) is 6.07. The number of carboxylic acid groups (broad SMARTS) is 1. The topological polar surface area (TPSA) is 60.9 Å². The maximum absolute atomic E-state index is 12.9. The second-order valence-electron chi connectivity index (χ2n) is 7.71. The van der Waals surface area contributed by atoms with Crippen LogP contribution >= 0.6 is 12.4 Å². The highest BCUT2D eigenvalue weighted by Gasteiger charge is 2.46. The maximum atomic E-state index is 12.9. The molecule has 1 saturated carbocycles. The number of nitrogens with zero attached hydrogens (tertiary/aromatic N) is 2. The molecule has 3 aliphatic rings. The third-order valence-electron chi connectivity index (χ3n) is 6.31. The first-order chi connectivity index (χ1) is 12.1. The van der Waals surface area contributed by atoms with Crippen LogP contribution in [-0.4, -0.2) is 52.0 Å². The first-order valence-corrected chi connectivity index (χ1v) is 9.46. The van der Waals surface area contributed by atoms with Crippen molar-refractivity contribution >= 4 is 24.3 Å². The van der Waals surface area contributed by atoms with Gasteiger partial charge in [-0.1, -0.05) is 37.1 Å². The number of likely N-dealkylation sites (tertiary alicyclic amines) is 1. The van der Waals surface area contributed by atoms with Gasteiger partial charge in [-0.2, -0.15) is 0 Å². The highest BCUT2D eigenvalue weighted by Crippen LogP contribution is 2.39. The first kappa shape index (κ1) is 19.2. The van der Waals surface area contributed by atoms with E-state index in [1.54, 1.807) is 0 Å². The molecule has 1 N–H and O–H groups in total. The zero-order chi connectivity index (χ0) is 17.4. The number of carboxylic acids is 1. The second-order valence-corrected chi connectivity index (χ2v) is 7.71. The summed E-state index contributed by atoms with van der Waals surface area (Å²) >= 11 is 0. The van der Waals surface area contributed by atoms with Gasteiger partial charge in [0.05, 0.1) is 6.54 Å². The van der Waals surface area contributed by atoms with E-state index in [1.165, 1.54) is 17.5 Å². The SMILES string of the molecule is Cl.O=C(O)C1CC2CCCCC2N1CC(=O)N1CCc2ccccc2C1. The molecule has 1 saturated heterocycles.